The predicted octanol–water partition coefficient (Wildman–Crippen LogP) is 3.93. The summed E-state index contributed by atoms with van der Waals surface area (Å²) >= 11 is 0. The minimum absolute atomic E-state index is 0.0564. The fourth-order valence-electron chi connectivity index (χ4n) is 2.91. The van der Waals surface area contributed by atoms with Crippen molar-refractivity contribution in [2.75, 3.05) is 0 Å². The molecule has 1 aromatic carbocycles. The largest absolute Gasteiger partial charge is 0.321 e. The second kappa shape index (κ2) is 4.58. The lowest BCUT2D eigenvalue weighted by molar-refractivity contribution is 0.300. The van der Waals surface area contributed by atoms with Crippen LogP contribution in [0.5, 0.6) is 0 Å². The maximum atomic E-state index is 6.62. The van der Waals surface area contributed by atoms with E-state index >= 15 is 0 Å². The predicted molar refractivity (Wildman–Crippen MR) is 69.5 cm³/mol. The smallest absolute Gasteiger partial charge is 0.0412 e. The van der Waals surface area contributed by atoms with Crippen LogP contribution in [0.4, 0.5) is 0 Å². The van der Waals surface area contributed by atoms with Crippen LogP contribution in [0.15, 0.2) is 24.3 Å². The quantitative estimate of drug-likeness (QED) is 0.798. The Kier molecular flexibility index (Phi) is 3.34. The van der Waals surface area contributed by atoms with E-state index in [1.807, 2.05) is 0 Å². The van der Waals surface area contributed by atoms with Crippen molar-refractivity contribution in [2.24, 2.45) is 5.73 Å². The third-order valence-corrected chi connectivity index (χ3v) is 3.86. The van der Waals surface area contributed by atoms with Gasteiger partial charge in [-0.25, -0.2) is 0 Å². The summed E-state index contributed by atoms with van der Waals surface area (Å²) < 4.78 is 0. The first-order valence-corrected chi connectivity index (χ1v) is 6.52. The van der Waals surface area contributed by atoms with Crippen molar-refractivity contribution in [3.63, 3.8) is 0 Å². The van der Waals surface area contributed by atoms with E-state index in [2.05, 4.69) is 38.1 Å². The average molecular weight is 217 g/mol. The molecule has 0 spiro atoms. The van der Waals surface area contributed by atoms with E-state index in [9.17, 15) is 0 Å². The lowest BCUT2D eigenvalue weighted by Gasteiger charge is -2.36. The van der Waals surface area contributed by atoms with Gasteiger partial charge in [0.2, 0.25) is 0 Å². The van der Waals surface area contributed by atoms with Crippen LogP contribution in [-0.4, -0.2) is 0 Å². The van der Waals surface area contributed by atoms with Crippen LogP contribution in [0.3, 0.4) is 0 Å². The molecule has 0 atom stereocenters. The Morgan fingerprint density at radius 3 is 2.31 bits per heavy atom. The van der Waals surface area contributed by atoms with Gasteiger partial charge in [-0.05, 0) is 29.9 Å². The Labute approximate surface area is 99.0 Å². The first kappa shape index (κ1) is 11.7. The van der Waals surface area contributed by atoms with Gasteiger partial charge in [0.05, 0.1) is 0 Å². The van der Waals surface area contributed by atoms with Gasteiger partial charge in [0.1, 0.15) is 0 Å². The van der Waals surface area contributed by atoms with Gasteiger partial charge in [-0.2, -0.15) is 0 Å². The molecular formula is C15H23N. The zero-order chi connectivity index (χ0) is 11.6. The Morgan fingerprint density at radius 1 is 1.06 bits per heavy atom. The van der Waals surface area contributed by atoms with Crippen LogP contribution in [0.2, 0.25) is 0 Å². The molecule has 0 bridgehead atoms. The van der Waals surface area contributed by atoms with Crippen molar-refractivity contribution in [1.82, 2.24) is 0 Å². The number of hydrogen-bond acceptors (Lipinski definition) is 1. The highest BCUT2D eigenvalue weighted by molar-refractivity contribution is 5.35. The molecule has 1 heteroatoms. The van der Waals surface area contributed by atoms with E-state index in [0.717, 1.165) is 12.8 Å². The third kappa shape index (κ3) is 2.15. The average Bonchev–Trinajstić information content (AvgIpc) is 2.30. The van der Waals surface area contributed by atoms with E-state index in [4.69, 9.17) is 5.73 Å². The van der Waals surface area contributed by atoms with Crippen molar-refractivity contribution in [2.45, 2.75) is 57.4 Å². The molecule has 0 amide bonds. The second-order valence-corrected chi connectivity index (χ2v) is 5.46. The number of benzene rings is 1. The molecule has 16 heavy (non-hydrogen) atoms. The van der Waals surface area contributed by atoms with Crippen molar-refractivity contribution < 1.29 is 0 Å². The van der Waals surface area contributed by atoms with Crippen LogP contribution in [-0.2, 0) is 5.54 Å². The summed E-state index contributed by atoms with van der Waals surface area (Å²) in [6, 6.07) is 8.74. The van der Waals surface area contributed by atoms with Crippen LogP contribution in [0.1, 0.15) is 63.0 Å². The van der Waals surface area contributed by atoms with E-state index in [0.29, 0.717) is 5.92 Å². The molecule has 0 saturated heterocycles. The summed E-state index contributed by atoms with van der Waals surface area (Å²) in [5.74, 6) is 0.568. The van der Waals surface area contributed by atoms with Gasteiger partial charge in [0, 0.05) is 5.54 Å². The standard InChI is InChI=1S/C15H23N/c1-12(2)13-8-4-5-9-14(13)15(16)10-6-3-7-11-15/h4-5,8-9,12H,3,6-7,10-11,16H2,1-2H3. The Bertz CT molecular complexity index is 348. The lowest BCUT2D eigenvalue weighted by atomic mass is 9.74. The van der Waals surface area contributed by atoms with E-state index < -0.39 is 0 Å². The van der Waals surface area contributed by atoms with Crippen LogP contribution in [0.25, 0.3) is 0 Å². The van der Waals surface area contributed by atoms with Crippen molar-refractivity contribution in [3.05, 3.63) is 35.4 Å². The molecule has 0 radical (unpaired) electrons. The number of rotatable bonds is 2. The summed E-state index contributed by atoms with van der Waals surface area (Å²) in [7, 11) is 0. The summed E-state index contributed by atoms with van der Waals surface area (Å²) in [6.45, 7) is 4.51. The van der Waals surface area contributed by atoms with Gasteiger partial charge in [-0.15, -0.1) is 0 Å². The van der Waals surface area contributed by atoms with E-state index in [1.165, 1.54) is 30.4 Å². The molecule has 88 valence electrons. The molecular weight excluding hydrogens is 194 g/mol. The van der Waals surface area contributed by atoms with Gasteiger partial charge in [-0.3, -0.25) is 0 Å². The highest BCUT2D eigenvalue weighted by Crippen LogP contribution is 2.38. The van der Waals surface area contributed by atoms with Crippen molar-refractivity contribution >= 4 is 0 Å². The monoisotopic (exact) mass is 217 g/mol. The Balaban J connectivity index is 2.38. The minimum Gasteiger partial charge on any atom is -0.321 e. The molecule has 1 aromatic rings. The highest BCUT2D eigenvalue weighted by atomic mass is 14.7. The third-order valence-electron chi connectivity index (χ3n) is 3.86. The molecule has 1 aliphatic rings. The molecule has 2 N–H and O–H groups in total. The van der Waals surface area contributed by atoms with E-state index in [1.54, 1.807) is 0 Å². The zero-order valence-electron chi connectivity index (χ0n) is 10.5. The van der Waals surface area contributed by atoms with Crippen LogP contribution >= 0.6 is 0 Å². The fraction of sp³-hybridized carbons (Fsp3) is 0.600. The Morgan fingerprint density at radius 2 is 1.69 bits per heavy atom. The first-order valence-electron chi connectivity index (χ1n) is 6.52. The van der Waals surface area contributed by atoms with Gasteiger partial charge in [0.15, 0.2) is 0 Å². The second-order valence-electron chi connectivity index (χ2n) is 5.46. The van der Waals surface area contributed by atoms with Crippen LogP contribution in [0, 0.1) is 0 Å². The Hall–Kier alpha value is -0.820. The fourth-order valence-corrected chi connectivity index (χ4v) is 2.91. The van der Waals surface area contributed by atoms with Crippen molar-refractivity contribution in [3.8, 4) is 0 Å². The maximum absolute atomic E-state index is 6.62. The lowest BCUT2D eigenvalue weighted by Crippen LogP contribution is -2.39. The summed E-state index contributed by atoms with van der Waals surface area (Å²) in [6.07, 6.45) is 6.21. The molecule has 1 saturated carbocycles. The topological polar surface area (TPSA) is 26.0 Å². The maximum Gasteiger partial charge on any atom is 0.0412 e. The number of nitrogens with two attached hydrogens (primary N) is 1. The van der Waals surface area contributed by atoms with Crippen molar-refractivity contribution in [1.29, 1.82) is 0 Å². The minimum atomic E-state index is -0.0564. The molecule has 1 fully saturated rings. The van der Waals surface area contributed by atoms with Gasteiger partial charge in [0.25, 0.3) is 0 Å². The molecule has 1 aliphatic carbocycles. The summed E-state index contributed by atoms with van der Waals surface area (Å²) in [5.41, 5.74) is 9.39. The molecule has 1 nitrogen and oxygen atoms in total. The molecule has 2 rings (SSSR count). The molecule has 0 aliphatic heterocycles. The SMILES string of the molecule is CC(C)c1ccccc1C1(N)CCCCC1. The number of hydrogen-bond donors (Lipinski definition) is 1. The van der Waals surface area contributed by atoms with Gasteiger partial charge in [-0.1, -0.05) is 57.4 Å². The normalized spacial score (nSPS) is 20.0. The highest BCUT2D eigenvalue weighted by Gasteiger charge is 2.31. The van der Waals surface area contributed by atoms with Gasteiger partial charge >= 0.3 is 0 Å². The molecule has 0 unspecified atom stereocenters. The van der Waals surface area contributed by atoms with Crippen LogP contribution < -0.4 is 5.73 Å². The molecule has 0 aromatic heterocycles. The summed E-state index contributed by atoms with van der Waals surface area (Å²) in [5, 5.41) is 0. The molecule has 0 heterocycles. The van der Waals surface area contributed by atoms with E-state index in [-0.39, 0.29) is 5.54 Å². The first-order chi connectivity index (χ1) is 7.63. The zero-order valence-corrected chi connectivity index (χ0v) is 10.5. The van der Waals surface area contributed by atoms with Gasteiger partial charge < -0.3 is 5.73 Å². The summed E-state index contributed by atoms with van der Waals surface area (Å²) in [4.78, 5) is 0.